The van der Waals surface area contributed by atoms with Crippen LogP contribution in [0.25, 0.3) is 0 Å². The van der Waals surface area contributed by atoms with E-state index in [9.17, 15) is 28.5 Å². The lowest BCUT2D eigenvalue weighted by Gasteiger charge is -2.38. The molecule has 0 spiro atoms. The first-order valence-corrected chi connectivity index (χ1v) is 13.3. The Morgan fingerprint density at radius 1 is 1.22 bits per heavy atom. The molecule has 3 fully saturated rings. The summed E-state index contributed by atoms with van der Waals surface area (Å²) >= 11 is 3.29. The number of nitrogens with one attached hydrogen (secondary N) is 2. The molecule has 0 radical (unpaired) electrons. The summed E-state index contributed by atoms with van der Waals surface area (Å²) in [5, 5.41) is 17.8. The number of carbonyl (C=O) groups is 2. The summed E-state index contributed by atoms with van der Waals surface area (Å²) in [5.41, 5.74) is -0.0104. The highest BCUT2D eigenvalue weighted by molar-refractivity contribution is 9.10. The van der Waals surface area contributed by atoms with E-state index in [1.165, 1.54) is 6.07 Å². The first kappa shape index (κ1) is 27.6. The van der Waals surface area contributed by atoms with Crippen molar-refractivity contribution in [1.82, 2.24) is 15.1 Å². The van der Waals surface area contributed by atoms with Crippen LogP contribution in [0, 0.1) is 16.0 Å². The van der Waals surface area contributed by atoms with Crippen molar-refractivity contribution in [1.29, 1.82) is 0 Å². The number of ether oxygens (including phenoxy) is 1. The van der Waals surface area contributed by atoms with Crippen molar-refractivity contribution in [3.8, 4) is 0 Å². The number of amides is 2. The minimum Gasteiger partial charge on any atom is -0.374 e. The van der Waals surface area contributed by atoms with E-state index in [1.54, 1.807) is 15.9 Å². The van der Waals surface area contributed by atoms with Crippen LogP contribution < -0.4 is 10.6 Å². The Labute approximate surface area is 222 Å². The van der Waals surface area contributed by atoms with E-state index in [0.29, 0.717) is 36.9 Å². The van der Waals surface area contributed by atoms with E-state index in [-0.39, 0.29) is 60.1 Å². The van der Waals surface area contributed by atoms with Crippen molar-refractivity contribution in [3.63, 3.8) is 0 Å². The zero-order valence-corrected chi connectivity index (χ0v) is 22.4. The second-order valence-corrected chi connectivity index (χ2v) is 11.1. The number of likely N-dealkylation sites (tertiary alicyclic amines) is 1. The van der Waals surface area contributed by atoms with Gasteiger partial charge in [0.05, 0.1) is 35.2 Å². The predicted octanol–water partition coefficient (Wildman–Crippen LogP) is 3.25. The fraction of sp³-hybridized carbons (Fsp3) is 0.667. The average Bonchev–Trinajstić information content (AvgIpc) is 2.82. The highest BCUT2D eigenvalue weighted by atomic mass is 79.9. The molecule has 4 atom stereocenters. The normalized spacial score (nSPS) is 28.0. The van der Waals surface area contributed by atoms with Crippen LogP contribution in [0.4, 0.5) is 20.2 Å². The van der Waals surface area contributed by atoms with Crippen molar-refractivity contribution in [2.45, 2.75) is 57.3 Å². The van der Waals surface area contributed by atoms with Gasteiger partial charge < -0.3 is 25.2 Å². The molecule has 3 saturated heterocycles. The number of piperidine rings is 2. The molecule has 3 aliphatic rings. The van der Waals surface area contributed by atoms with Gasteiger partial charge >= 0.3 is 0 Å². The Kier molecular flexibility index (Phi) is 8.34. The molecule has 0 bridgehead atoms. The summed E-state index contributed by atoms with van der Waals surface area (Å²) in [4.78, 5) is 41.2. The molecule has 0 aromatic heterocycles. The number of morpholine rings is 1. The van der Waals surface area contributed by atoms with Gasteiger partial charge in [-0.3, -0.25) is 19.7 Å². The molecule has 2 amide bonds. The molecule has 3 aliphatic heterocycles. The van der Waals surface area contributed by atoms with Crippen LogP contribution in [-0.2, 0) is 9.53 Å². The van der Waals surface area contributed by atoms with Crippen molar-refractivity contribution in [3.05, 3.63) is 32.3 Å². The SMILES string of the molecule is C[C@@H]1CN(C(=O)c2cc(Br)cc([N+](=O)[O-])c2N[C@@H]2CCCN(C(=O)[C@@H]3CNCC(F)(F)C3)C2)C[C@H](C)O1. The number of carbonyl (C=O) groups excluding carboxylic acids is 2. The van der Waals surface area contributed by atoms with Gasteiger partial charge in [-0.1, -0.05) is 15.9 Å². The van der Waals surface area contributed by atoms with Crippen LogP contribution in [0.2, 0.25) is 0 Å². The third-order valence-corrected chi connectivity index (χ3v) is 7.42. The van der Waals surface area contributed by atoms with Gasteiger partial charge in [0.25, 0.3) is 17.5 Å². The van der Waals surface area contributed by atoms with Gasteiger partial charge in [-0.15, -0.1) is 0 Å². The van der Waals surface area contributed by atoms with Crippen LogP contribution in [0.1, 0.15) is 43.5 Å². The van der Waals surface area contributed by atoms with Crippen molar-refractivity contribution in [2.75, 3.05) is 44.6 Å². The van der Waals surface area contributed by atoms with Crippen LogP contribution >= 0.6 is 15.9 Å². The Hall–Kier alpha value is -2.38. The van der Waals surface area contributed by atoms with Crippen LogP contribution in [0.15, 0.2) is 16.6 Å². The topological polar surface area (TPSA) is 117 Å². The molecule has 4 rings (SSSR count). The quantitative estimate of drug-likeness (QED) is 0.401. The molecule has 2 N–H and O–H groups in total. The summed E-state index contributed by atoms with van der Waals surface area (Å²) < 4.78 is 33.8. The smallest absolute Gasteiger partial charge is 0.294 e. The van der Waals surface area contributed by atoms with Crippen LogP contribution in [0.5, 0.6) is 0 Å². The molecule has 1 aromatic carbocycles. The fourth-order valence-corrected chi connectivity index (χ4v) is 5.88. The first-order valence-electron chi connectivity index (χ1n) is 12.5. The predicted molar refractivity (Wildman–Crippen MR) is 136 cm³/mol. The van der Waals surface area contributed by atoms with Gasteiger partial charge in [0.1, 0.15) is 5.69 Å². The zero-order valence-electron chi connectivity index (χ0n) is 20.8. The number of hydrogen-bond donors (Lipinski definition) is 2. The van der Waals surface area contributed by atoms with Crippen molar-refractivity contribution in [2.24, 2.45) is 5.92 Å². The molecule has 3 heterocycles. The van der Waals surface area contributed by atoms with Crippen LogP contribution in [-0.4, -0.2) is 90.0 Å². The molecular formula is C24H32BrF2N5O5. The summed E-state index contributed by atoms with van der Waals surface area (Å²) in [5.74, 6) is -4.47. The maximum atomic E-state index is 13.9. The summed E-state index contributed by atoms with van der Waals surface area (Å²) in [6, 6.07) is 2.51. The highest BCUT2D eigenvalue weighted by Gasteiger charge is 2.41. The Morgan fingerprint density at radius 2 is 1.92 bits per heavy atom. The van der Waals surface area contributed by atoms with E-state index < -0.39 is 29.7 Å². The zero-order chi connectivity index (χ0) is 26.9. The van der Waals surface area contributed by atoms with Gasteiger partial charge in [0.2, 0.25) is 5.91 Å². The molecule has 204 valence electrons. The van der Waals surface area contributed by atoms with Gasteiger partial charge in [0, 0.05) is 55.7 Å². The maximum Gasteiger partial charge on any atom is 0.294 e. The number of nitro groups is 1. The number of alkyl halides is 2. The average molecular weight is 588 g/mol. The molecule has 1 aromatic rings. The lowest BCUT2D eigenvalue weighted by molar-refractivity contribution is -0.384. The number of hydrogen-bond acceptors (Lipinski definition) is 7. The van der Waals surface area contributed by atoms with E-state index in [4.69, 9.17) is 4.74 Å². The standard InChI is InChI=1S/C24H32BrF2N5O5/c1-14-10-31(11-15(2)37-14)23(34)19-6-17(25)7-20(32(35)36)21(19)29-18-4-3-5-30(12-18)22(33)16-8-24(26,27)13-28-9-16/h6-7,14-16,18,28-29H,3-5,8-13H2,1-2H3/t14-,15+,16-,18+/m0/s1. The van der Waals surface area contributed by atoms with E-state index >= 15 is 0 Å². The van der Waals surface area contributed by atoms with E-state index in [1.807, 2.05) is 13.8 Å². The molecule has 0 aliphatic carbocycles. The largest absolute Gasteiger partial charge is 0.374 e. The number of halogens is 3. The monoisotopic (exact) mass is 587 g/mol. The molecular weight excluding hydrogens is 556 g/mol. The summed E-state index contributed by atoms with van der Waals surface area (Å²) in [6.45, 7) is 4.82. The third kappa shape index (κ3) is 6.55. The lowest BCUT2D eigenvalue weighted by Crippen LogP contribution is -2.53. The number of anilines is 1. The van der Waals surface area contributed by atoms with Gasteiger partial charge in [-0.25, -0.2) is 8.78 Å². The number of nitrogens with zero attached hydrogens (tertiary/aromatic N) is 3. The fourth-order valence-electron chi connectivity index (χ4n) is 5.44. The summed E-state index contributed by atoms with van der Waals surface area (Å²) in [7, 11) is 0. The molecule has 0 saturated carbocycles. The summed E-state index contributed by atoms with van der Waals surface area (Å²) in [6.07, 6.45) is 0.360. The van der Waals surface area contributed by atoms with Gasteiger partial charge in [0.15, 0.2) is 0 Å². The van der Waals surface area contributed by atoms with E-state index in [2.05, 4.69) is 26.6 Å². The van der Waals surface area contributed by atoms with Crippen LogP contribution in [0.3, 0.4) is 0 Å². The van der Waals surface area contributed by atoms with Crippen molar-refractivity contribution >= 4 is 39.1 Å². The lowest BCUT2D eigenvalue weighted by atomic mass is 9.94. The Bertz CT molecular complexity index is 1050. The van der Waals surface area contributed by atoms with Crippen molar-refractivity contribution < 1.29 is 28.0 Å². The number of benzene rings is 1. The number of rotatable bonds is 5. The second kappa shape index (κ2) is 11.2. The third-order valence-electron chi connectivity index (χ3n) is 6.97. The molecule has 10 nitrogen and oxygen atoms in total. The second-order valence-electron chi connectivity index (χ2n) is 10.2. The Balaban J connectivity index is 1.56. The number of nitro benzene ring substituents is 1. The van der Waals surface area contributed by atoms with E-state index in [0.717, 1.165) is 0 Å². The highest BCUT2D eigenvalue weighted by Crippen LogP contribution is 2.35. The Morgan fingerprint density at radius 3 is 2.57 bits per heavy atom. The minimum atomic E-state index is -2.94. The maximum absolute atomic E-state index is 13.9. The van der Waals surface area contributed by atoms with Gasteiger partial charge in [-0.2, -0.15) is 0 Å². The molecule has 0 unspecified atom stereocenters. The first-order chi connectivity index (χ1) is 17.4. The molecule has 37 heavy (non-hydrogen) atoms. The van der Waals surface area contributed by atoms with Gasteiger partial charge in [-0.05, 0) is 32.8 Å². The minimum absolute atomic E-state index is 0.0927. The molecule has 13 heteroatoms.